The van der Waals surface area contributed by atoms with Gasteiger partial charge in [-0.05, 0) is 84.8 Å². The Labute approximate surface area is 364 Å². The molecule has 21 heteroatoms. The van der Waals surface area contributed by atoms with E-state index in [9.17, 15) is 40.7 Å². The molecule has 2 amide bonds. The number of nitrogen functional groups attached to an aromatic ring is 2. The van der Waals surface area contributed by atoms with Gasteiger partial charge in [0, 0.05) is 45.1 Å². The summed E-state index contributed by atoms with van der Waals surface area (Å²) in [4.78, 5) is 48.6. The Morgan fingerprint density at radius 3 is 1.86 bits per heavy atom. The minimum Gasteiger partial charge on any atom is -0.465 e. The van der Waals surface area contributed by atoms with Gasteiger partial charge < -0.3 is 26.8 Å². The fraction of sp³-hybridized carbons (Fsp3) is 0.167. The molecule has 328 valence electrons. The number of carbonyl (C=O) groups is 3. The molecule has 0 fully saturated rings. The van der Waals surface area contributed by atoms with Crippen molar-refractivity contribution in [2.75, 3.05) is 29.2 Å². The lowest BCUT2D eigenvalue weighted by Crippen LogP contribution is -2.14. The first kappa shape index (κ1) is 47.0. The molecule has 0 bridgehead atoms. The number of pyridine rings is 3. The molecule has 0 unspecified atom stereocenters. The molecule has 7 aromatic rings. The standard InChI is InChI=1S/C22H14ClF3N4O3S.C18H16F3N5O.C2H6/c1-33-21(32)18-17-14(9-34-18)13(8-15(28-17)22(24,25)26)12-6-7-16(29-19(12)27)30-20(31)10-2-4-11(23)5-3-10;1-10-5-3-4-6-11(10)17(27)24-15-8-7-12(16(22)23-15)13-9-14(18(19,20)21)25-26(13)2;1-2/h2-9H,1H3,(H3,27,29,30,31);3-9H,1-2H3,(H3,22,23,24,27);1-2H3. The number of anilines is 4. The van der Waals surface area contributed by atoms with Crippen molar-refractivity contribution in [3.63, 3.8) is 0 Å². The Morgan fingerprint density at radius 2 is 1.32 bits per heavy atom. The third kappa shape index (κ3) is 10.9. The number of carbonyl (C=O) groups excluding carboxylic acids is 3. The highest BCUT2D eigenvalue weighted by Crippen LogP contribution is 2.40. The Balaban J connectivity index is 0.000000234. The molecule has 2 aromatic carbocycles. The van der Waals surface area contributed by atoms with Crippen LogP contribution in [-0.2, 0) is 24.1 Å². The Morgan fingerprint density at radius 1 is 0.746 bits per heavy atom. The average molecular weight is 912 g/mol. The number of nitrogens with one attached hydrogen (secondary N) is 2. The van der Waals surface area contributed by atoms with Gasteiger partial charge in [0.2, 0.25) is 0 Å². The van der Waals surface area contributed by atoms with Crippen LogP contribution in [0.3, 0.4) is 0 Å². The number of hydrogen-bond acceptors (Lipinski definition) is 11. The van der Waals surface area contributed by atoms with Gasteiger partial charge in [-0.25, -0.2) is 19.7 Å². The summed E-state index contributed by atoms with van der Waals surface area (Å²) >= 11 is 6.73. The number of hydrogen-bond donors (Lipinski definition) is 4. The zero-order valence-electron chi connectivity index (χ0n) is 33.7. The molecule has 6 N–H and O–H groups in total. The maximum Gasteiger partial charge on any atom is 0.435 e. The second-order valence-electron chi connectivity index (χ2n) is 12.9. The molecule has 63 heavy (non-hydrogen) atoms. The minimum atomic E-state index is -4.77. The van der Waals surface area contributed by atoms with E-state index in [2.05, 4.69) is 35.4 Å². The number of benzene rings is 2. The predicted molar refractivity (Wildman–Crippen MR) is 229 cm³/mol. The van der Waals surface area contributed by atoms with E-state index in [0.29, 0.717) is 16.1 Å². The smallest absolute Gasteiger partial charge is 0.435 e. The highest BCUT2D eigenvalue weighted by Gasteiger charge is 2.36. The second kappa shape index (κ2) is 19.3. The van der Waals surface area contributed by atoms with Crippen LogP contribution in [0.15, 0.2) is 90.3 Å². The number of halogens is 7. The summed E-state index contributed by atoms with van der Waals surface area (Å²) in [5.74, 6) is -1.47. The molecule has 0 spiro atoms. The van der Waals surface area contributed by atoms with Gasteiger partial charge in [-0.2, -0.15) is 31.4 Å². The van der Waals surface area contributed by atoms with Crippen LogP contribution in [0.2, 0.25) is 5.02 Å². The van der Waals surface area contributed by atoms with Gasteiger partial charge in [0.25, 0.3) is 11.8 Å². The molecular weight excluding hydrogens is 876 g/mol. The molecule has 13 nitrogen and oxygen atoms in total. The second-order valence-corrected chi connectivity index (χ2v) is 14.2. The number of thiophene rings is 1. The number of aromatic nitrogens is 5. The Hall–Kier alpha value is -7.06. The summed E-state index contributed by atoms with van der Waals surface area (Å²) in [5, 5.41) is 10.9. The zero-order valence-corrected chi connectivity index (χ0v) is 35.3. The molecule has 0 radical (unpaired) electrons. The van der Waals surface area contributed by atoms with Crippen molar-refractivity contribution in [1.82, 2.24) is 24.7 Å². The number of fused-ring (bicyclic) bond motifs is 1. The number of nitrogens with zero attached hydrogens (tertiary/aromatic N) is 5. The van der Waals surface area contributed by atoms with Gasteiger partial charge in [0.1, 0.15) is 33.8 Å². The van der Waals surface area contributed by atoms with Gasteiger partial charge >= 0.3 is 18.3 Å². The first-order valence-corrected chi connectivity index (χ1v) is 19.7. The number of alkyl halides is 6. The lowest BCUT2D eigenvalue weighted by atomic mass is 10.0. The molecule has 0 saturated carbocycles. The summed E-state index contributed by atoms with van der Waals surface area (Å²) in [7, 11) is 2.51. The lowest BCUT2D eigenvalue weighted by Gasteiger charge is -2.13. The maximum absolute atomic E-state index is 13.5. The summed E-state index contributed by atoms with van der Waals surface area (Å²) in [6.07, 6.45) is -9.33. The summed E-state index contributed by atoms with van der Waals surface area (Å²) in [6, 6.07) is 20.8. The molecule has 0 aliphatic rings. The molecule has 0 aliphatic carbocycles. The van der Waals surface area contributed by atoms with Crippen LogP contribution in [0.5, 0.6) is 0 Å². The normalized spacial score (nSPS) is 11.2. The van der Waals surface area contributed by atoms with Crippen molar-refractivity contribution in [3.8, 4) is 22.4 Å². The van der Waals surface area contributed by atoms with E-state index in [0.717, 1.165) is 40.8 Å². The summed E-state index contributed by atoms with van der Waals surface area (Å²) in [5.41, 5.74) is 11.9. The van der Waals surface area contributed by atoms with Crippen molar-refractivity contribution in [2.45, 2.75) is 33.1 Å². The van der Waals surface area contributed by atoms with E-state index in [1.807, 2.05) is 19.9 Å². The zero-order chi connectivity index (χ0) is 46.4. The van der Waals surface area contributed by atoms with E-state index in [1.165, 1.54) is 48.8 Å². The van der Waals surface area contributed by atoms with Crippen molar-refractivity contribution in [3.05, 3.63) is 128 Å². The van der Waals surface area contributed by atoms with Crippen LogP contribution in [-0.4, -0.2) is 49.6 Å². The van der Waals surface area contributed by atoms with Gasteiger partial charge in [0.05, 0.1) is 18.3 Å². The number of esters is 1. The van der Waals surface area contributed by atoms with Crippen molar-refractivity contribution in [1.29, 1.82) is 0 Å². The monoisotopic (exact) mass is 911 g/mol. The number of ether oxygens (including phenoxy) is 1. The topological polar surface area (TPSA) is 193 Å². The van der Waals surface area contributed by atoms with Crippen LogP contribution < -0.4 is 22.1 Å². The van der Waals surface area contributed by atoms with Gasteiger partial charge in [0.15, 0.2) is 5.69 Å². The van der Waals surface area contributed by atoms with Gasteiger partial charge in [-0.15, -0.1) is 11.3 Å². The van der Waals surface area contributed by atoms with Crippen molar-refractivity contribution in [2.24, 2.45) is 7.05 Å². The number of rotatable bonds is 7. The molecule has 7 rings (SSSR count). The molecule has 0 saturated heterocycles. The van der Waals surface area contributed by atoms with Crippen LogP contribution in [0.25, 0.3) is 33.3 Å². The number of amides is 2. The summed E-state index contributed by atoms with van der Waals surface area (Å²) < 4.78 is 84.9. The Kier molecular flexibility index (Phi) is 14.4. The third-order valence-electron chi connectivity index (χ3n) is 8.79. The van der Waals surface area contributed by atoms with Crippen molar-refractivity contribution < 1.29 is 45.5 Å². The lowest BCUT2D eigenvalue weighted by molar-refractivity contribution is -0.142. The van der Waals surface area contributed by atoms with Gasteiger partial charge in [-0.1, -0.05) is 43.6 Å². The largest absolute Gasteiger partial charge is 0.465 e. The van der Waals surface area contributed by atoms with Crippen LogP contribution >= 0.6 is 22.9 Å². The van der Waals surface area contributed by atoms with Crippen LogP contribution in [0, 0.1) is 6.92 Å². The highest BCUT2D eigenvalue weighted by molar-refractivity contribution is 7.13. The maximum atomic E-state index is 13.5. The van der Waals surface area contributed by atoms with E-state index < -0.39 is 35.6 Å². The van der Waals surface area contributed by atoms with E-state index in [1.54, 1.807) is 37.3 Å². The first-order valence-electron chi connectivity index (χ1n) is 18.4. The quantitative estimate of drug-likeness (QED) is 0.0883. The average Bonchev–Trinajstić information content (AvgIpc) is 3.85. The fourth-order valence-corrected chi connectivity index (χ4v) is 6.87. The SMILES string of the molecule is CC.COC(=O)c1scc2c(-c3ccc(NC(=O)c4ccc(Cl)cc4)nc3N)cc(C(F)(F)F)nc12.Cc1ccccc1C(=O)Nc1ccc(-c2cc(C(F)(F)F)nn2C)c(N)n1. The molecule has 0 aliphatic heterocycles. The fourth-order valence-electron chi connectivity index (χ4n) is 5.82. The molecule has 5 aromatic heterocycles. The van der Waals surface area contributed by atoms with Crippen molar-refractivity contribution >= 4 is 74.9 Å². The highest BCUT2D eigenvalue weighted by atomic mass is 35.5. The van der Waals surface area contributed by atoms with Crippen LogP contribution in [0.1, 0.15) is 61.2 Å². The molecule has 5 heterocycles. The number of nitrogens with two attached hydrogens (primary N) is 2. The number of methoxy groups -OCH3 is 1. The van der Waals surface area contributed by atoms with Crippen LogP contribution in [0.4, 0.5) is 49.6 Å². The van der Waals surface area contributed by atoms with E-state index >= 15 is 0 Å². The van der Waals surface area contributed by atoms with Gasteiger partial charge in [-0.3, -0.25) is 14.3 Å². The first-order chi connectivity index (χ1) is 29.7. The van der Waals surface area contributed by atoms with E-state index in [-0.39, 0.29) is 67.3 Å². The number of aryl methyl sites for hydroxylation is 2. The summed E-state index contributed by atoms with van der Waals surface area (Å²) in [6.45, 7) is 5.81. The molecule has 0 atom stereocenters. The van der Waals surface area contributed by atoms with E-state index in [4.69, 9.17) is 23.1 Å². The minimum absolute atomic E-state index is 0.0192. The predicted octanol–water partition coefficient (Wildman–Crippen LogP) is 10.3. The third-order valence-corrected chi connectivity index (χ3v) is 10.00. The Bertz CT molecular complexity index is 2810. The molecular formula is C42H36ClF6N9O4S.